The molecule has 16 heteroatoms. The van der Waals surface area contributed by atoms with Crippen LogP contribution in [0.4, 0.5) is 0 Å². The fraction of sp³-hybridized carbons (Fsp3) is 0.146. The van der Waals surface area contributed by atoms with Crippen LogP contribution in [0.5, 0.6) is 11.5 Å². The van der Waals surface area contributed by atoms with Gasteiger partial charge >= 0.3 is 0 Å². The molecule has 1 aliphatic heterocycles. The molecule has 2 N–H and O–H groups in total. The van der Waals surface area contributed by atoms with Crippen molar-refractivity contribution in [2.75, 3.05) is 24.7 Å². The average molecular weight is 936 g/mol. The Morgan fingerprint density at radius 2 is 0.969 bits per heavy atom. The van der Waals surface area contributed by atoms with E-state index in [1.807, 2.05) is 126 Å². The number of imidazole rings is 1. The minimum atomic E-state index is -4.24. The van der Waals surface area contributed by atoms with Crippen molar-refractivity contribution in [2.45, 2.75) is 18.6 Å². The molecular weight excluding hydrogens is 896 g/mol. The lowest BCUT2D eigenvalue weighted by atomic mass is 10.0. The summed E-state index contributed by atoms with van der Waals surface area (Å²) in [5.74, 6) is -2.03. The molecule has 1 aliphatic rings. The Kier molecular flexibility index (Phi) is 13.1. The predicted molar refractivity (Wildman–Crippen MR) is 251 cm³/mol. The monoisotopic (exact) mass is 934 g/mol. The van der Waals surface area contributed by atoms with Crippen LogP contribution >= 0.6 is 23.2 Å². The third-order valence-corrected chi connectivity index (χ3v) is 12.7. The van der Waals surface area contributed by atoms with Crippen molar-refractivity contribution >= 4 is 54.9 Å². The van der Waals surface area contributed by atoms with Crippen molar-refractivity contribution < 1.29 is 35.4 Å². The van der Waals surface area contributed by atoms with E-state index in [2.05, 4.69) is 0 Å². The zero-order valence-corrected chi connectivity index (χ0v) is 37.1. The molecule has 64 heavy (non-hydrogen) atoms. The third-order valence-electron chi connectivity index (χ3n) is 10.3. The highest BCUT2D eigenvalue weighted by atomic mass is 35.5. The molecule has 0 unspecified atom stereocenters. The maximum absolute atomic E-state index is 11.6. The number of halogens is 2. The molecule has 0 bridgehead atoms. The highest BCUT2D eigenvalue weighted by Crippen LogP contribution is 2.50. The normalized spacial score (nSPS) is 13.6. The van der Waals surface area contributed by atoms with Gasteiger partial charge in [-0.15, -0.1) is 0 Å². The van der Waals surface area contributed by atoms with Crippen LogP contribution < -0.4 is 9.47 Å². The van der Waals surface area contributed by atoms with Gasteiger partial charge in [-0.2, -0.15) is 16.8 Å². The van der Waals surface area contributed by atoms with Gasteiger partial charge in [0.1, 0.15) is 17.3 Å². The van der Waals surface area contributed by atoms with E-state index in [0.29, 0.717) is 39.8 Å². The van der Waals surface area contributed by atoms with Crippen molar-refractivity contribution in [2.24, 2.45) is 9.98 Å². The summed E-state index contributed by atoms with van der Waals surface area (Å²) in [7, 11) is -8.45. The molecule has 0 saturated heterocycles. The van der Waals surface area contributed by atoms with Gasteiger partial charge in [0.05, 0.1) is 57.6 Å². The smallest absolute Gasteiger partial charge is 0.264 e. The van der Waals surface area contributed by atoms with Crippen LogP contribution in [0.3, 0.4) is 0 Å². The number of nitrogens with zero attached hydrogens (tertiary/aromatic N) is 4. The molecule has 0 spiro atoms. The quantitative estimate of drug-likeness (QED) is 0.0667. The van der Waals surface area contributed by atoms with Crippen molar-refractivity contribution in [3.8, 4) is 45.4 Å². The summed E-state index contributed by atoms with van der Waals surface area (Å²) in [6.45, 7) is -0.141. The minimum absolute atomic E-state index is 0.00582. The molecule has 6 aromatic carbocycles. The van der Waals surface area contributed by atoms with Crippen molar-refractivity contribution in [3.05, 3.63) is 184 Å². The van der Waals surface area contributed by atoms with Crippen LogP contribution in [-0.2, 0) is 26.0 Å². The lowest BCUT2D eigenvalue weighted by Crippen LogP contribution is -2.32. The fourth-order valence-electron chi connectivity index (χ4n) is 7.47. The number of ether oxygens (including phenoxy) is 2. The van der Waals surface area contributed by atoms with Gasteiger partial charge < -0.3 is 9.47 Å². The van der Waals surface area contributed by atoms with Crippen LogP contribution in [-0.4, -0.2) is 71.6 Å². The summed E-state index contributed by atoms with van der Waals surface area (Å²) in [5.41, 5.74) is 6.11. The molecule has 0 amide bonds. The summed E-state index contributed by atoms with van der Waals surface area (Å²) >= 11 is 14.8. The molecule has 0 atom stereocenters. The Labute approximate surface area is 381 Å². The average Bonchev–Trinajstić information content (AvgIpc) is 3.89. The molecule has 7 aromatic rings. The molecule has 2 heterocycles. The van der Waals surface area contributed by atoms with Gasteiger partial charge in [0.15, 0.2) is 0 Å². The molecular formula is C48H40Cl2N4O8S2. The van der Waals surface area contributed by atoms with Gasteiger partial charge in [-0.3, -0.25) is 13.7 Å². The van der Waals surface area contributed by atoms with Gasteiger partial charge in [0.2, 0.25) is 0 Å². The van der Waals surface area contributed by atoms with Crippen molar-refractivity contribution in [1.29, 1.82) is 0 Å². The number of benzene rings is 6. The number of aliphatic imine (C=N–C) groups is 2. The minimum Gasteiger partial charge on any atom is -0.492 e. The summed E-state index contributed by atoms with van der Waals surface area (Å²) < 4.78 is 78.9. The summed E-state index contributed by atoms with van der Waals surface area (Å²) in [6.07, 6.45) is 0.00223. The molecule has 8 rings (SSSR count). The van der Waals surface area contributed by atoms with Crippen LogP contribution in [0.1, 0.15) is 29.5 Å². The highest BCUT2D eigenvalue weighted by molar-refractivity contribution is 7.86. The number of hydrogen-bond acceptors (Lipinski definition) is 9. The van der Waals surface area contributed by atoms with Gasteiger partial charge in [-0.05, 0) is 31.0 Å². The first-order valence-corrected chi connectivity index (χ1v) is 24.1. The first-order chi connectivity index (χ1) is 30.8. The van der Waals surface area contributed by atoms with E-state index in [9.17, 15) is 25.9 Å². The first kappa shape index (κ1) is 44.5. The lowest BCUT2D eigenvalue weighted by Gasteiger charge is -2.31. The fourth-order valence-corrected chi connectivity index (χ4v) is 9.00. The second-order valence-electron chi connectivity index (χ2n) is 14.7. The molecule has 326 valence electrons. The van der Waals surface area contributed by atoms with Crippen LogP contribution in [0.15, 0.2) is 168 Å². The molecule has 0 fully saturated rings. The zero-order chi connectivity index (χ0) is 44.9. The first-order valence-electron chi connectivity index (χ1n) is 20.1. The number of hydrogen-bond donors (Lipinski definition) is 2. The van der Waals surface area contributed by atoms with E-state index >= 15 is 0 Å². The largest absolute Gasteiger partial charge is 0.492 e. The maximum atomic E-state index is 11.6. The third kappa shape index (κ3) is 9.67. The Morgan fingerprint density at radius 3 is 1.45 bits per heavy atom. The molecule has 0 radical (unpaired) electrons. The van der Waals surface area contributed by atoms with E-state index < -0.39 is 37.5 Å². The zero-order valence-electron chi connectivity index (χ0n) is 34.0. The molecule has 0 saturated carbocycles. The van der Waals surface area contributed by atoms with Crippen LogP contribution in [0.25, 0.3) is 33.9 Å². The van der Waals surface area contributed by atoms with E-state index in [1.54, 1.807) is 36.4 Å². The highest BCUT2D eigenvalue weighted by Gasteiger charge is 2.47. The number of rotatable bonds is 17. The van der Waals surface area contributed by atoms with E-state index in [0.717, 1.165) is 22.3 Å². The Hall–Kier alpha value is -6.13. The second kappa shape index (κ2) is 18.9. The summed E-state index contributed by atoms with van der Waals surface area (Å²) in [6, 6.07) is 49.0. The second-order valence-corrected chi connectivity index (χ2v) is 18.6. The lowest BCUT2D eigenvalue weighted by molar-refractivity contribution is 0.314. The van der Waals surface area contributed by atoms with Crippen molar-refractivity contribution in [3.63, 3.8) is 0 Å². The van der Waals surface area contributed by atoms with Gasteiger partial charge in [-0.1, -0.05) is 163 Å². The standard InChI is InChI=1S/C48H40Cl2N4O8S2/c49-41-37(25-13-27-39(41)61-29-15-31-63(55,56)57)47-51-45(35-21-9-3-10-22-35)46(36-23-11-4-12-24-36)54(47)48(38-26-14-28-40(42(38)50)62-30-16-32-64(58,59)60)52-43(33-17-5-1-6-18-33)44(53-48)34-19-7-2-8-20-34/h1-14,17-28H,15-16,29-32H2,(H,55,56,57)(H,58,59,60). The van der Waals surface area contributed by atoms with E-state index in [1.165, 1.54) is 0 Å². The molecule has 12 nitrogen and oxygen atoms in total. The van der Waals surface area contributed by atoms with Crippen molar-refractivity contribution in [1.82, 2.24) is 9.55 Å². The Morgan fingerprint density at radius 1 is 0.531 bits per heavy atom. The molecule has 1 aromatic heterocycles. The Balaban J connectivity index is 1.47. The summed E-state index contributed by atoms with van der Waals surface area (Å²) in [4.78, 5) is 16.7. The van der Waals surface area contributed by atoms with Gasteiger partial charge in [0.25, 0.3) is 26.0 Å². The predicted octanol–water partition coefficient (Wildman–Crippen LogP) is 10.2. The summed E-state index contributed by atoms with van der Waals surface area (Å²) in [5, 5.41) is 0.292. The topological polar surface area (TPSA) is 170 Å². The maximum Gasteiger partial charge on any atom is 0.264 e. The van der Waals surface area contributed by atoms with Gasteiger partial charge in [-0.25, -0.2) is 15.0 Å². The van der Waals surface area contributed by atoms with E-state index in [-0.39, 0.29) is 47.6 Å². The SMILES string of the molecule is O=S(=O)(O)CCCOc1cccc(-c2nc(-c3ccccc3)c(-c3ccccc3)n2C2(c3cccc(OCCCS(=O)(=O)O)c3Cl)N=C(c3ccccc3)C(c3ccccc3)=N2)c1Cl. The van der Waals surface area contributed by atoms with E-state index in [4.69, 9.17) is 47.6 Å². The van der Waals surface area contributed by atoms with Gasteiger partial charge in [0, 0.05) is 33.4 Å². The molecule has 0 aliphatic carbocycles. The van der Waals surface area contributed by atoms with Crippen LogP contribution in [0.2, 0.25) is 10.0 Å². The number of aromatic nitrogens is 2. The van der Waals surface area contributed by atoms with Crippen LogP contribution in [0, 0.1) is 0 Å². The Bertz CT molecular complexity index is 3020.